The van der Waals surface area contributed by atoms with Crippen molar-refractivity contribution < 1.29 is 1.37 Å². The molecule has 0 bridgehead atoms. The molecule has 0 atom stereocenters. The Morgan fingerprint density at radius 1 is 1.40 bits per heavy atom. The van der Waals surface area contributed by atoms with Crippen molar-refractivity contribution in [1.29, 1.82) is 0 Å². The highest BCUT2D eigenvalue weighted by atomic mass is 79.9. The van der Waals surface area contributed by atoms with Crippen molar-refractivity contribution in [2.75, 3.05) is 19.0 Å². The second-order valence-electron chi connectivity index (χ2n) is 2.29. The van der Waals surface area contributed by atoms with Gasteiger partial charge in [0.25, 0.3) is 0 Å². The van der Waals surface area contributed by atoms with Crippen molar-refractivity contribution in [2.24, 2.45) is 0 Å². The smallest absolute Gasteiger partial charge is 0.0645 e. The average molecular weight is 201 g/mol. The molecule has 0 fully saturated rings. The molecule has 0 radical (unpaired) electrons. The SMILES string of the molecule is [2H]c1cc(Br)ccc1N(C)C. The quantitative estimate of drug-likeness (QED) is 0.674. The van der Waals surface area contributed by atoms with Gasteiger partial charge in [-0.1, -0.05) is 15.9 Å². The third-order valence-electron chi connectivity index (χ3n) is 1.24. The third-order valence-corrected chi connectivity index (χ3v) is 1.73. The molecular weight excluding hydrogens is 190 g/mol. The Bertz CT molecular complexity index is 260. The van der Waals surface area contributed by atoms with Crippen LogP contribution in [0.3, 0.4) is 0 Å². The highest BCUT2D eigenvalue weighted by Crippen LogP contribution is 2.15. The van der Waals surface area contributed by atoms with Gasteiger partial charge in [0.15, 0.2) is 0 Å². The van der Waals surface area contributed by atoms with E-state index in [1.165, 1.54) is 0 Å². The molecule has 0 saturated carbocycles. The lowest BCUT2D eigenvalue weighted by Gasteiger charge is -2.11. The van der Waals surface area contributed by atoms with Crippen LogP contribution >= 0.6 is 15.9 Å². The molecule has 0 saturated heterocycles. The lowest BCUT2D eigenvalue weighted by atomic mass is 10.3. The Morgan fingerprint density at radius 2 is 2.10 bits per heavy atom. The zero-order valence-corrected chi connectivity index (χ0v) is 7.64. The van der Waals surface area contributed by atoms with Gasteiger partial charge >= 0.3 is 0 Å². The number of halogens is 1. The van der Waals surface area contributed by atoms with Crippen molar-refractivity contribution in [3.8, 4) is 0 Å². The summed E-state index contributed by atoms with van der Waals surface area (Å²) in [5.41, 5.74) is 0.938. The summed E-state index contributed by atoms with van der Waals surface area (Å²) in [5, 5.41) is 0. The maximum atomic E-state index is 7.57. The second-order valence-corrected chi connectivity index (χ2v) is 3.20. The van der Waals surface area contributed by atoms with Gasteiger partial charge in [-0.25, -0.2) is 0 Å². The minimum absolute atomic E-state index is 0.546. The molecule has 54 valence electrons. The Kier molecular flexibility index (Phi) is 1.91. The molecule has 1 nitrogen and oxygen atoms in total. The van der Waals surface area contributed by atoms with Crippen LogP contribution in [0.4, 0.5) is 5.69 Å². The Balaban J connectivity index is 3.09. The highest BCUT2D eigenvalue weighted by molar-refractivity contribution is 9.10. The minimum Gasteiger partial charge on any atom is -0.378 e. The van der Waals surface area contributed by atoms with Crippen LogP contribution in [-0.2, 0) is 0 Å². The van der Waals surface area contributed by atoms with Crippen molar-refractivity contribution in [2.45, 2.75) is 0 Å². The molecular formula is C8H10BrN. The normalized spacial score (nSPS) is 10.9. The summed E-state index contributed by atoms with van der Waals surface area (Å²) in [6.45, 7) is 0. The number of nitrogens with zero attached hydrogens (tertiary/aromatic N) is 1. The summed E-state index contributed by atoms with van der Waals surface area (Å²) >= 11 is 3.31. The Labute approximate surface area is 71.2 Å². The predicted molar refractivity (Wildman–Crippen MR) is 48.5 cm³/mol. The molecule has 0 spiro atoms. The summed E-state index contributed by atoms with van der Waals surface area (Å²) in [6, 6.07) is 6.19. The van der Waals surface area contributed by atoms with Gasteiger partial charge in [-0.2, -0.15) is 0 Å². The maximum Gasteiger partial charge on any atom is 0.0645 e. The zero-order valence-electron chi connectivity index (χ0n) is 7.06. The molecule has 1 rings (SSSR count). The summed E-state index contributed by atoms with van der Waals surface area (Å²) in [5.74, 6) is 0. The fourth-order valence-electron chi connectivity index (χ4n) is 0.676. The van der Waals surface area contributed by atoms with Crippen LogP contribution in [0.2, 0.25) is 0 Å². The molecule has 2 heteroatoms. The first-order valence-corrected chi connectivity index (χ1v) is 3.84. The number of rotatable bonds is 1. The lowest BCUT2D eigenvalue weighted by molar-refractivity contribution is 1.13. The van der Waals surface area contributed by atoms with E-state index in [0.29, 0.717) is 6.04 Å². The van der Waals surface area contributed by atoms with Crippen LogP contribution in [0.5, 0.6) is 0 Å². The van der Waals surface area contributed by atoms with E-state index in [0.717, 1.165) is 10.2 Å². The summed E-state index contributed by atoms with van der Waals surface area (Å²) in [6.07, 6.45) is 0. The van der Waals surface area contributed by atoms with E-state index < -0.39 is 0 Å². The van der Waals surface area contributed by atoms with E-state index in [2.05, 4.69) is 15.9 Å². The summed E-state index contributed by atoms with van der Waals surface area (Å²) < 4.78 is 8.52. The molecule has 1 aromatic carbocycles. The molecule has 0 aliphatic carbocycles. The van der Waals surface area contributed by atoms with Gasteiger partial charge in [-0.3, -0.25) is 0 Å². The van der Waals surface area contributed by atoms with Crippen LogP contribution in [0.15, 0.2) is 28.7 Å². The van der Waals surface area contributed by atoms with E-state index in [1.807, 2.05) is 31.1 Å². The Morgan fingerprint density at radius 3 is 2.60 bits per heavy atom. The lowest BCUT2D eigenvalue weighted by Crippen LogP contribution is -2.07. The standard InChI is InChI=1S/C8H10BrN/c1-10(2)8-5-3-7(9)4-6-8/h3-6H,1-2H3/i5D. The van der Waals surface area contributed by atoms with Crippen molar-refractivity contribution in [1.82, 2.24) is 0 Å². The first-order valence-electron chi connectivity index (χ1n) is 3.55. The number of anilines is 1. The molecule has 0 aliphatic rings. The number of benzene rings is 1. The van der Waals surface area contributed by atoms with Gasteiger partial charge in [0.1, 0.15) is 0 Å². The molecule has 0 N–H and O–H groups in total. The second kappa shape index (κ2) is 3.06. The summed E-state index contributed by atoms with van der Waals surface area (Å²) in [7, 11) is 3.86. The number of hydrogen-bond donors (Lipinski definition) is 0. The fourth-order valence-corrected chi connectivity index (χ4v) is 0.922. The molecule has 0 unspecified atom stereocenters. The van der Waals surface area contributed by atoms with E-state index in [4.69, 9.17) is 1.37 Å². The number of hydrogen-bond acceptors (Lipinski definition) is 1. The van der Waals surface area contributed by atoms with Crippen molar-refractivity contribution >= 4 is 21.6 Å². The van der Waals surface area contributed by atoms with Gasteiger partial charge in [0.05, 0.1) is 1.37 Å². The zero-order chi connectivity index (χ0) is 8.43. The van der Waals surface area contributed by atoms with Crippen LogP contribution < -0.4 is 4.90 Å². The predicted octanol–water partition coefficient (Wildman–Crippen LogP) is 2.52. The van der Waals surface area contributed by atoms with Crippen LogP contribution in [0.25, 0.3) is 0 Å². The molecule has 10 heavy (non-hydrogen) atoms. The largest absolute Gasteiger partial charge is 0.378 e. The molecule has 0 aliphatic heterocycles. The molecule has 1 aromatic rings. The fraction of sp³-hybridized carbons (Fsp3) is 0.250. The monoisotopic (exact) mass is 200 g/mol. The minimum atomic E-state index is 0.546. The highest BCUT2D eigenvalue weighted by Gasteiger charge is 1.91. The molecule has 0 amide bonds. The van der Waals surface area contributed by atoms with Gasteiger partial charge in [-0.05, 0) is 24.2 Å². The Hall–Kier alpha value is -0.500. The maximum absolute atomic E-state index is 7.57. The van der Waals surface area contributed by atoms with E-state index in [9.17, 15) is 0 Å². The molecule has 0 aromatic heterocycles. The third kappa shape index (κ3) is 1.74. The summed E-state index contributed by atoms with van der Waals surface area (Å²) in [4.78, 5) is 1.93. The van der Waals surface area contributed by atoms with Crippen molar-refractivity contribution in [3.05, 3.63) is 28.7 Å². The van der Waals surface area contributed by atoms with Crippen LogP contribution in [0.1, 0.15) is 1.37 Å². The van der Waals surface area contributed by atoms with E-state index in [1.54, 1.807) is 6.07 Å². The van der Waals surface area contributed by atoms with Gasteiger partial charge in [-0.15, -0.1) is 0 Å². The van der Waals surface area contributed by atoms with Gasteiger partial charge < -0.3 is 4.90 Å². The van der Waals surface area contributed by atoms with E-state index >= 15 is 0 Å². The first-order chi connectivity index (χ1) is 5.11. The van der Waals surface area contributed by atoms with Gasteiger partial charge in [0, 0.05) is 24.3 Å². The molecule has 0 heterocycles. The average Bonchev–Trinajstić information content (AvgIpc) is 1.85. The van der Waals surface area contributed by atoms with Crippen LogP contribution in [0, 0.1) is 0 Å². The first kappa shape index (κ1) is 6.23. The van der Waals surface area contributed by atoms with Crippen molar-refractivity contribution in [3.63, 3.8) is 0 Å². The topological polar surface area (TPSA) is 3.24 Å². The van der Waals surface area contributed by atoms with E-state index in [-0.39, 0.29) is 0 Å². The van der Waals surface area contributed by atoms with Crippen LogP contribution in [-0.4, -0.2) is 14.1 Å². The van der Waals surface area contributed by atoms with Gasteiger partial charge in [0.2, 0.25) is 0 Å².